The molecule has 4 aromatic rings. The number of amides is 1. The minimum absolute atomic E-state index is 0.0649. The molecule has 1 aromatic heterocycles. The number of fused-ring (bicyclic) bond motifs is 3. The van der Waals surface area contributed by atoms with Crippen molar-refractivity contribution in [3.63, 3.8) is 0 Å². The largest absolute Gasteiger partial charge is 0.467 e. The number of hydrogen-bond acceptors (Lipinski definition) is 8. The highest BCUT2D eigenvalue weighted by atomic mass is 16.7. The van der Waals surface area contributed by atoms with Gasteiger partial charge in [-0.2, -0.15) is 0 Å². The molecule has 10 nitrogen and oxygen atoms in total. The number of rotatable bonds is 8. The van der Waals surface area contributed by atoms with Gasteiger partial charge in [-0.3, -0.25) is 4.79 Å². The minimum atomic E-state index is -1.29. The van der Waals surface area contributed by atoms with Gasteiger partial charge in [0, 0.05) is 23.5 Å². The van der Waals surface area contributed by atoms with Crippen LogP contribution in [0.25, 0.3) is 10.9 Å². The number of ether oxygens (including phenoxy) is 5. The average molecular weight is 531 g/mol. The summed E-state index contributed by atoms with van der Waals surface area (Å²) >= 11 is 0. The fraction of sp³-hybridized carbons (Fsp3) is 0.241. The van der Waals surface area contributed by atoms with Crippen molar-refractivity contribution in [2.75, 3.05) is 20.7 Å². The number of benzene rings is 3. The summed E-state index contributed by atoms with van der Waals surface area (Å²) in [6.45, 7) is 0.144. The molecule has 3 atom stereocenters. The molecule has 0 fully saturated rings. The van der Waals surface area contributed by atoms with E-state index in [-0.39, 0.29) is 20.0 Å². The Balaban J connectivity index is 1.33. The van der Waals surface area contributed by atoms with Crippen molar-refractivity contribution in [2.45, 2.75) is 24.5 Å². The quantitative estimate of drug-likeness (QED) is 0.296. The van der Waals surface area contributed by atoms with Gasteiger partial charge in [0.2, 0.25) is 19.5 Å². The lowest BCUT2D eigenvalue weighted by molar-refractivity contribution is -0.145. The van der Waals surface area contributed by atoms with Crippen LogP contribution in [0, 0.1) is 0 Å². The third kappa shape index (κ3) is 4.70. The van der Waals surface area contributed by atoms with Crippen LogP contribution in [0.1, 0.15) is 28.7 Å². The molecule has 0 saturated heterocycles. The number of aliphatic hydroxyl groups excluding tert-OH is 1. The Morgan fingerprint density at radius 3 is 2.28 bits per heavy atom. The summed E-state index contributed by atoms with van der Waals surface area (Å²) in [5.41, 5.74) is 2.69. The molecule has 2 unspecified atom stereocenters. The molecule has 0 aliphatic carbocycles. The number of carbonyl (C=O) groups excluding carboxylic acids is 2. The van der Waals surface area contributed by atoms with Crippen molar-refractivity contribution in [3.8, 4) is 23.0 Å². The van der Waals surface area contributed by atoms with Gasteiger partial charge in [0.15, 0.2) is 23.0 Å². The molecule has 2 aliphatic heterocycles. The fourth-order valence-corrected chi connectivity index (χ4v) is 4.99. The van der Waals surface area contributed by atoms with Gasteiger partial charge in [-0.05, 0) is 47.0 Å². The number of H-pyrrole nitrogens is 1. The van der Waals surface area contributed by atoms with Gasteiger partial charge in [0.25, 0.3) is 0 Å². The van der Waals surface area contributed by atoms with Gasteiger partial charge in [-0.15, -0.1) is 0 Å². The number of carbonyl (C=O) groups is 2. The molecule has 0 spiro atoms. The van der Waals surface area contributed by atoms with Crippen LogP contribution >= 0.6 is 0 Å². The van der Waals surface area contributed by atoms with Gasteiger partial charge >= 0.3 is 5.97 Å². The van der Waals surface area contributed by atoms with Gasteiger partial charge in [0.1, 0.15) is 6.04 Å². The van der Waals surface area contributed by atoms with E-state index < -0.39 is 29.9 Å². The molecule has 1 amide bonds. The maximum atomic E-state index is 13.9. The van der Waals surface area contributed by atoms with Crippen LogP contribution in [0.4, 0.5) is 0 Å². The van der Waals surface area contributed by atoms with E-state index in [2.05, 4.69) is 10.3 Å². The Bertz CT molecular complexity index is 1550. The molecule has 0 saturated carbocycles. The molecule has 200 valence electrons. The summed E-state index contributed by atoms with van der Waals surface area (Å²) in [4.78, 5) is 29.9. The van der Waals surface area contributed by atoms with E-state index in [0.29, 0.717) is 34.1 Å². The van der Waals surface area contributed by atoms with E-state index in [1.165, 1.54) is 7.11 Å². The Morgan fingerprint density at radius 1 is 0.923 bits per heavy atom. The second kappa shape index (κ2) is 10.2. The lowest BCUT2D eigenvalue weighted by atomic mass is 9.87. The maximum Gasteiger partial charge on any atom is 0.328 e. The third-order valence-electron chi connectivity index (χ3n) is 6.99. The zero-order valence-corrected chi connectivity index (χ0v) is 21.0. The Kier molecular flexibility index (Phi) is 6.45. The van der Waals surface area contributed by atoms with Crippen LogP contribution in [0.3, 0.4) is 0 Å². The van der Waals surface area contributed by atoms with Gasteiger partial charge in [-0.25, -0.2) is 4.79 Å². The number of aromatic nitrogens is 1. The van der Waals surface area contributed by atoms with E-state index in [4.69, 9.17) is 23.7 Å². The zero-order valence-electron chi connectivity index (χ0n) is 21.0. The van der Waals surface area contributed by atoms with Crippen LogP contribution in [-0.4, -0.2) is 48.7 Å². The number of nitrogens with one attached hydrogen (secondary N) is 2. The fourth-order valence-electron chi connectivity index (χ4n) is 4.99. The van der Waals surface area contributed by atoms with Crippen molar-refractivity contribution in [2.24, 2.45) is 0 Å². The molecule has 3 heterocycles. The summed E-state index contributed by atoms with van der Waals surface area (Å²) < 4.78 is 26.8. The molecular weight excluding hydrogens is 504 g/mol. The van der Waals surface area contributed by atoms with E-state index in [0.717, 1.165) is 16.5 Å². The predicted molar refractivity (Wildman–Crippen MR) is 139 cm³/mol. The second-order valence-electron chi connectivity index (χ2n) is 9.30. The number of para-hydroxylation sites is 1. The maximum absolute atomic E-state index is 13.9. The first kappa shape index (κ1) is 24.6. The van der Waals surface area contributed by atoms with Gasteiger partial charge in [0.05, 0.1) is 19.1 Å². The van der Waals surface area contributed by atoms with E-state index >= 15 is 0 Å². The van der Waals surface area contributed by atoms with Crippen LogP contribution in [0.5, 0.6) is 23.0 Å². The van der Waals surface area contributed by atoms with Crippen molar-refractivity contribution in [3.05, 3.63) is 83.6 Å². The average Bonchev–Trinajstić information content (AvgIpc) is 3.71. The highest BCUT2D eigenvalue weighted by Gasteiger charge is 2.35. The third-order valence-corrected chi connectivity index (χ3v) is 6.99. The Morgan fingerprint density at radius 2 is 1.56 bits per heavy atom. The predicted octanol–water partition coefficient (Wildman–Crippen LogP) is 3.34. The first-order valence-corrected chi connectivity index (χ1v) is 12.4. The first-order chi connectivity index (χ1) is 19.0. The zero-order chi connectivity index (χ0) is 26.9. The van der Waals surface area contributed by atoms with Crippen LogP contribution in [-0.2, 0) is 20.7 Å². The smallest absolute Gasteiger partial charge is 0.328 e. The Labute approximate surface area is 223 Å². The summed E-state index contributed by atoms with van der Waals surface area (Å²) in [5, 5.41) is 15.3. The number of methoxy groups -OCH3 is 1. The van der Waals surface area contributed by atoms with Crippen molar-refractivity contribution in [1.29, 1.82) is 0 Å². The highest BCUT2D eigenvalue weighted by molar-refractivity contribution is 5.90. The van der Waals surface area contributed by atoms with E-state index in [9.17, 15) is 14.7 Å². The first-order valence-electron chi connectivity index (χ1n) is 12.4. The molecule has 3 N–H and O–H groups in total. The second-order valence-corrected chi connectivity index (χ2v) is 9.30. The number of aliphatic hydroxyl groups is 1. The molecule has 3 aromatic carbocycles. The molecule has 2 aliphatic rings. The summed E-state index contributed by atoms with van der Waals surface area (Å²) in [6.07, 6.45) is 0.714. The van der Waals surface area contributed by atoms with E-state index in [1.54, 1.807) is 36.4 Å². The van der Waals surface area contributed by atoms with Crippen molar-refractivity contribution in [1.82, 2.24) is 10.3 Å². The molecule has 0 bridgehead atoms. The minimum Gasteiger partial charge on any atom is -0.467 e. The molecule has 0 radical (unpaired) electrons. The van der Waals surface area contributed by atoms with E-state index in [1.807, 2.05) is 30.5 Å². The monoisotopic (exact) mass is 530 g/mol. The number of hydrogen-bond donors (Lipinski definition) is 3. The summed E-state index contributed by atoms with van der Waals surface area (Å²) in [6, 6.07) is 16.7. The van der Waals surface area contributed by atoms with Crippen molar-refractivity contribution >= 4 is 22.8 Å². The topological polar surface area (TPSA) is 128 Å². The Hall–Kier alpha value is -4.70. The number of aromatic amines is 1. The van der Waals surface area contributed by atoms with Gasteiger partial charge in [-0.1, -0.05) is 30.3 Å². The molecule has 10 heteroatoms. The SMILES string of the molecule is COC(=O)[C@H](Cc1c[nH]c2ccccc12)NC(=O)C(c1ccc2c(c1)OCO2)C(O)c1ccc2c(c1)OCO2. The lowest BCUT2D eigenvalue weighted by Crippen LogP contribution is -2.46. The van der Waals surface area contributed by atoms with Gasteiger partial charge < -0.3 is 39.1 Å². The summed E-state index contributed by atoms with van der Waals surface area (Å²) in [5.74, 6) is -0.226. The highest BCUT2D eigenvalue weighted by Crippen LogP contribution is 2.41. The normalized spacial score (nSPS) is 15.5. The van der Waals surface area contributed by atoms with Crippen LogP contribution in [0.15, 0.2) is 66.9 Å². The summed E-state index contributed by atoms with van der Waals surface area (Å²) in [7, 11) is 1.27. The standard InChI is InChI=1S/C29H26N2O8/c1-35-29(34)21(10-18-13-30-20-5-3-2-4-19(18)20)31-28(33)26(16-6-8-22-24(11-16)38-14-36-22)27(32)17-7-9-23-25(12-17)39-15-37-23/h2-9,11-13,21,26-27,30,32H,10,14-15H2,1H3,(H,31,33)/t21-,26?,27?/m0/s1. The number of esters is 1. The van der Waals surface area contributed by atoms with Crippen LogP contribution < -0.4 is 24.3 Å². The lowest BCUT2D eigenvalue weighted by Gasteiger charge is -2.26. The van der Waals surface area contributed by atoms with Crippen LogP contribution in [0.2, 0.25) is 0 Å². The van der Waals surface area contributed by atoms with Crippen molar-refractivity contribution < 1.29 is 38.4 Å². The molecule has 6 rings (SSSR count). The molecular formula is C29H26N2O8. The molecule has 39 heavy (non-hydrogen) atoms.